The zero-order valence-electron chi connectivity index (χ0n) is 16.7. The number of amides is 3. The molecular weight excluding hydrogens is 432 g/mol. The Labute approximate surface area is 186 Å². The zero-order chi connectivity index (χ0) is 22.7. The number of para-hydroxylation sites is 1. The largest absolute Gasteiger partial charge is 0.361 e. The number of carbonyl (C=O) groups excluding carboxylic acids is 3. The molecular formula is C22H18N4O5S. The second kappa shape index (κ2) is 9.06. The van der Waals surface area contributed by atoms with Crippen LogP contribution in [0.15, 0.2) is 59.6 Å². The Bertz CT molecular complexity index is 1270. The number of nitrogens with one attached hydrogen (secondary N) is 2. The fourth-order valence-corrected chi connectivity index (χ4v) is 4.23. The summed E-state index contributed by atoms with van der Waals surface area (Å²) in [6.45, 7) is -0.0226. The number of hydrogen-bond donors (Lipinski definition) is 2. The van der Waals surface area contributed by atoms with Crippen LogP contribution in [0.2, 0.25) is 0 Å². The van der Waals surface area contributed by atoms with E-state index >= 15 is 0 Å². The minimum atomic E-state index is -0.599. The number of H-pyrrole nitrogens is 1. The molecule has 0 atom stereocenters. The van der Waals surface area contributed by atoms with E-state index in [4.69, 9.17) is 0 Å². The summed E-state index contributed by atoms with van der Waals surface area (Å²) < 4.78 is 0. The lowest BCUT2D eigenvalue weighted by atomic mass is 10.1. The van der Waals surface area contributed by atoms with Gasteiger partial charge in [0.2, 0.25) is 5.91 Å². The number of nitrogens with zero attached hydrogens (tertiary/aromatic N) is 2. The van der Waals surface area contributed by atoms with Gasteiger partial charge in [0.15, 0.2) is 0 Å². The second-order valence-electron chi connectivity index (χ2n) is 7.08. The molecule has 0 aliphatic carbocycles. The average Bonchev–Trinajstić information content (AvgIpc) is 3.30. The van der Waals surface area contributed by atoms with Crippen LogP contribution in [0, 0.1) is 10.1 Å². The Kier molecular flexibility index (Phi) is 6.04. The summed E-state index contributed by atoms with van der Waals surface area (Å²) >= 11 is 0.701. The van der Waals surface area contributed by atoms with Crippen molar-refractivity contribution in [1.29, 1.82) is 0 Å². The van der Waals surface area contributed by atoms with Gasteiger partial charge in [0.25, 0.3) is 16.8 Å². The number of fused-ring (bicyclic) bond motifs is 1. The molecule has 0 bridgehead atoms. The van der Waals surface area contributed by atoms with E-state index in [1.165, 1.54) is 24.3 Å². The standard InChI is InChI=1S/C22H18N4O5S/c27-20(23-9-8-15-12-24-18-7-2-1-6-17(15)18)13-25-21(28)19(32-22(25)29)11-14-4-3-5-16(10-14)26(30)31/h1-7,10-12,24H,8-9,13H2,(H,23,27)/b19-11-. The van der Waals surface area contributed by atoms with E-state index in [-0.39, 0.29) is 17.1 Å². The molecule has 9 nitrogen and oxygen atoms in total. The summed E-state index contributed by atoms with van der Waals surface area (Å²) in [5.41, 5.74) is 2.38. The number of carbonyl (C=O) groups is 3. The lowest BCUT2D eigenvalue weighted by Gasteiger charge is -2.12. The highest BCUT2D eigenvalue weighted by Crippen LogP contribution is 2.32. The van der Waals surface area contributed by atoms with Crippen molar-refractivity contribution in [2.75, 3.05) is 13.1 Å². The summed E-state index contributed by atoms with van der Waals surface area (Å²) in [4.78, 5) is 51.6. The maximum atomic E-state index is 12.6. The number of aromatic amines is 1. The number of aromatic nitrogens is 1. The fraction of sp³-hybridized carbons (Fsp3) is 0.136. The van der Waals surface area contributed by atoms with Gasteiger partial charge < -0.3 is 10.3 Å². The first-order chi connectivity index (χ1) is 15.4. The van der Waals surface area contributed by atoms with Gasteiger partial charge in [-0.05, 0) is 41.5 Å². The van der Waals surface area contributed by atoms with E-state index in [2.05, 4.69) is 10.3 Å². The van der Waals surface area contributed by atoms with Gasteiger partial charge in [-0.25, -0.2) is 0 Å². The third-order valence-corrected chi connectivity index (χ3v) is 5.85. The molecule has 2 N–H and O–H groups in total. The normalized spacial score (nSPS) is 15.0. The van der Waals surface area contributed by atoms with Crippen LogP contribution in [0.25, 0.3) is 17.0 Å². The molecule has 10 heteroatoms. The third kappa shape index (κ3) is 4.54. The van der Waals surface area contributed by atoms with E-state index in [1.54, 1.807) is 6.07 Å². The van der Waals surface area contributed by atoms with Gasteiger partial charge in [0, 0.05) is 35.8 Å². The highest BCUT2D eigenvalue weighted by molar-refractivity contribution is 8.18. The summed E-state index contributed by atoms with van der Waals surface area (Å²) in [5.74, 6) is -1.04. The van der Waals surface area contributed by atoms with E-state index in [0.29, 0.717) is 30.3 Å². The molecule has 2 aromatic carbocycles. The van der Waals surface area contributed by atoms with Gasteiger partial charge in [-0.3, -0.25) is 29.4 Å². The van der Waals surface area contributed by atoms with Gasteiger partial charge in [-0.15, -0.1) is 0 Å². The molecule has 3 aromatic rings. The molecule has 1 aliphatic heterocycles. The van der Waals surface area contributed by atoms with Crippen molar-refractivity contribution in [3.05, 3.63) is 80.9 Å². The minimum Gasteiger partial charge on any atom is -0.361 e. The molecule has 0 unspecified atom stereocenters. The maximum Gasteiger partial charge on any atom is 0.294 e. The molecule has 1 saturated heterocycles. The first kappa shape index (κ1) is 21.3. The van der Waals surface area contributed by atoms with Crippen molar-refractivity contribution < 1.29 is 19.3 Å². The van der Waals surface area contributed by atoms with Crippen LogP contribution in [-0.4, -0.2) is 45.0 Å². The Morgan fingerprint density at radius 1 is 1.19 bits per heavy atom. The molecule has 4 rings (SSSR count). The molecule has 1 fully saturated rings. The van der Waals surface area contributed by atoms with Crippen LogP contribution in [-0.2, 0) is 16.0 Å². The molecule has 1 aliphatic rings. The smallest absolute Gasteiger partial charge is 0.294 e. The number of non-ortho nitro benzene ring substituents is 1. The topological polar surface area (TPSA) is 125 Å². The highest BCUT2D eigenvalue weighted by Gasteiger charge is 2.36. The molecule has 3 amide bonds. The van der Waals surface area contributed by atoms with Crippen molar-refractivity contribution >= 4 is 51.5 Å². The van der Waals surface area contributed by atoms with Crippen molar-refractivity contribution in [2.24, 2.45) is 0 Å². The minimum absolute atomic E-state index is 0.113. The Hall–Kier alpha value is -3.92. The number of rotatable bonds is 7. The molecule has 1 aromatic heterocycles. The van der Waals surface area contributed by atoms with Crippen molar-refractivity contribution in [3.8, 4) is 0 Å². The van der Waals surface area contributed by atoms with Crippen molar-refractivity contribution in [1.82, 2.24) is 15.2 Å². The van der Waals surface area contributed by atoms with E-state index in [1.807, 2.05) is 30.5 Å². The quantitative estimate of drug-likeness (QED) is 0.323. The predicted molar refractivity (Wildman–Crippen MR) is 121 cm³/mol. The average molecular weight is 450 g/mol. The van der Waals surface area contributed by atoms with Gasteiger partial charge in [-0.2, -0.15) is 0 Å². The van der Waals surface area contributed by atoms with E-state index in [9.17, 15) is 24.5 Å². The maximum absolute atomic E-state index is 12.6. The van der Waals surface area contributed by atoms with Crippen LogP contribution in [0.3, 0.4) is 0 Å². The summed E-state index contributed by atoms with van der Waals surface area (Å²) in [6.07, 6.45) is 3.91. The number of imide groups is 1. The van der Waals surface area contributed by atoms with E-state index in [0.717, 1.165) is 21.4 Å². The summed E-state index contributed by atoms with van der Waals surface area (Å²) in [6, 6.07) is 13.6. The van der Waals surface area contributed by atoms with Gasteiger partial charge in [-0.1, -0.05) is 30.3 Å². The van der Waals surface area contributed by atoms with Crippen molar-refractivity contribution in [3.63, 3.8) is 0 Å². The Balaban J connectivity index is 1.35. The fourth-order valence-electron chi connectivity index (χ4n) is 3.39. The zero-order valence-corrected chi connectivity index (χ0v) is 17.6. The van der Waals surface area contributed by atoms with Crippen LogP contribution in [0.5, 0.6) is 0 Å². The monoisotopic (exact) mass is 450 g/mol. The number of nitro benzene ring substituents is 1. The number of hydrogen-bond acceptors (Lipinski definition) is 6. The number of nitro groups is 1. The first-order valence-electron chi connectivity index (χ1n) is 9.74. The molecule has 2 heterocycles. The summed E-state index contributed by atoms with van der Waals surface area (Å²) in [5, 5.41) is 14.2. The Morgan fingerprint density at radius 2 is 2.00 bits per heavy atom. The Morgan fingerprint density at radius 3 is 2.81 bits per heavy atom. The van der Waals surface area contributed by atoms with Crippen LogP contribution < -0.4 is 5.32 Å². The van der Waals surface area contributed by atoms with E-state index < -0.39 is 22.0 Å². The highest BCUT2D eigenvalue weighted by atomic mass is 32.2. The molecule has 0 spiro atoms. The second-order valence-corrected chi connectivity index (χ2v) is 8.07. The molecule has 32 heavy (non-hydrogen) atoms. The van der Waals surface area contributed by atoms with Gasteiger partial charge in [0.1, 0.15) is 6.54 Å². The van der Waals surface area contributed by atoms with Gasteiger partial charge in [0.05, 0.1) is 9.83 Å². The van der Waals surface area contributed by atoms with Crippen LogP contribution in [0.1, 0.15) is 11.1 Å². The summed E-state index contributed by atoms with van der Waals surface area (Å²) in [7, 11) is 0. The van der Waals surface area contributed by atoms with Crippen LogP contribution in [0.4, 0.5) is 10.5 Å². The predicted octanol–water partition coefficient (Wildman–Crippen LogP) is 3.47. The number of thioether (sulfide) groups is 1. The molecule has 0 saturated carbocycles. The van der Waals surface area contributed by atoms with Crippen LogP contribution >= 0.6 is 11.8 Å². The lowest BCUT2D eigenvalue weighted by molar-refractivity contribution is -0.384. The third-order valence-electron chi connectivity index (χ3n) is 4.95. The molecule has 0 radical (unpaired) electrons. The van der Waals surface area contributed by atoms with Crippen molar-refractivity contribution in [2.45, 2.75) is 6.42 Å². The first-order valence-corrected chi connectivity index (χ1v) is 10.6. The lowest BCUT2D eigenvalue weighted by Crippen LogP contribution is -2.40. The molecule has 162 valence electrons. The van der Waals surface area contributed by atoms with Gasteiger partial charge >= 0.3 is 0 Å². The number of benzene rings is 2. The SMILES string of the molecule is O=C(CN1C(=O)S/C(=C\c2cccc([N+](=O)[O-])c2)C1=O)NCCc1c[nH]c2ccccc12.